The van der Waals surface area contributed by atoms with Gasteiger partial charge in [-0.3, -0.25) is 4.79 Å². The summed E-state index contributed by atoms with van der Waals surface area (Å²) in [5.74, 6) is -0.346. The van der Waals surface area contributed by atoms with Crippen LogP contribution in [-0.4, -0.2) is 26.4 Å². The molecule has 1 amide bonds. The van der Waals surface area contributed by atoms with Crippen molar-refractivity contribution in [1.82, 2.24) is 5.32 Å². The highest BCUT2D eigenvalue weighted by Gasteiger charge is 2.17. The smallest absolute Gasteiger partial charge is 0.251 e. The van der Waals surface area contributed by atoms with E-state index in [1.807, 2.05) is 19.9 Å². The number of rotatable bonds is 6. The van der Waals surface area contributed by atoms with Crippen molar-refractivity contribution in [2.24, 2.45) is 5.73 Å². The first-order chi connectivity index (χ1) is 11.2. The van der Waals surface area contributed by atoms with Crippen LogP contribution >= 0.6 is 12.4 Å². The van der Waals surface area contributed by atoms with E-state index in [4.69, 9.17) is 5.73 Å². The Hall–Kier alpha value is -1.89. The van der Waals surface area contributed by atoms with Gasteiger partial charge in [0.05, 0.1) is 10.6 Å². The first kappa shape index (κ1) is 21.2. The highest BCUT2D eigenvalue weighted by atomic mass is 35.5. The largest absolute Gasteiger partial charge is 0.350 e. The zero-order chi connectivity index (χ0) is 17.8. The Labute approximate surface area is 155 Å². The summed E-state index contributed by atoms with van der Waals surface area (Å²) in [5, 5.41) is 2.72. The number of carbonyl (C=O) groups excluding carboxylic acids is 1. The van der Waals surface area contributed by atoms with E-state index < -0.39 is 15.4 Å². The van der Waals surface area contributed by atoms with Gasteiger partial charge in [0.25, 0.3) is 5.91 Å². The number of amides is 1. The van der Waals surface area contributed by atoms with Crippen LogP contribution in [0, 0.1) is 0 Å². The molecule has 0 fully saturated rings. The summed E-state index contributed by atoms with van der Waals surface area (Å²) in [6.07, 6.45) is 0. The topological polar surface area (TPSA) is 89.3 Å². The second-order valence-electron chi connectivity index (χ2n) is 6.44. The van der Waals surface area contributed by atoms with Crippen molar-refractivity contribution in [3.05, 3.63) is 65.7 Å². The van der Waals surface area contributed by atoms with Gasteiger partial charge in [-0.15, -0.1) is 12.4 Å². The van der Waals surface area contributed by atoms with Gasteiger partial charge in [0.2, 0.25) is 0 Å². The van der Waals surface area contributed by atoms with E-state index in [1.54, 1.807) is 24.3 Å². The van der Waals surface area contributed by atoms with E-state index in [1.165, 1.54) is 24.3 Å². The molecule has 0 aliphatic heterocycles. The number of nitrogens with two attached hydrogens (primary N) is 1. The molecule has 0 atom stereocenters. The third kappa shape index (κ3) is 6.49. The van der Waals surface area contributed by atoms with Crippen LogP contribution in [-0.2, 0) is 15.6 Å². The molecule has 136 valence electrons. The lowest BCUT2D eigenvalue weighted by molar-refractivity contribution is 0.0946. The van der Waals surface area contributed by atoms with Crippen molar-refractivity contribution < 1.29 is 13.2 Å². The average Bonchev–Trinajstić information content (AvgIpc) is 2.52. The molecule has 5 nitrogen and oxygen atoms in total. The van der Waals surface area contributed by atoms with Crippen molar-refractivity contribution in [1.29, 1.82) is 0 Å². The van der Waals surface area contributed by atoms with Crippen molar-refractivity contribution >= 4 is 28.2 Å². The molecule has 0 radical (unpaired) electrons. The molecule has 2 rings (SSSR count). The molecular weight excluding hydrogens is 360 g/mol. The van der Waals surface area contributed by atoms with E-state index >= 15 is 0 Å². The van der Waals surface area contributed by atoms with Gasteiger partial charge in [-0.25, -0.2) is 8.42 Å². The maximum atomic E-state index is 12.4. The lowest BCUT2D eigenvalue weighted by atomic mass is 10.1. The Balaban J connectivity index is 0.00000312. The molecule has 7 heteroatoms. The van der Waals surface area contributed by atoms with Crippen LogP contribution in [0.15, 0.2) is 59.5 Å². The molecule has 2 aromatic carbocycles. The monoisotopic (exact) mass is 382 g/mol. The second-order valence-corrected chi connectivity index (χ2v) is 8.43. The van der Waals surface area contributed by atoms with Gasteiger partial charge in [0.15, 0.2) is 9.84 Å². The lowest BCUT2D eigenvalue weighted by Crippen LogP contribution is -2.45. The van der Waals surface area contributed by atoms with Gasteiger partial charge in [0.1, 0.15) is 0 Å². The molecule has 0 saturated heterocycles. The summed E-state index contributed by atoms with van der Waals surface area (Å²) in [7, 11) is -3.44. The zero-order valence-corrected chi connectivity index (χ0v) is 15.9. The fraction of sp³-hybridized carbons (Fsp3) is 0.278. The second kappa shape index (κ2) is 8.47. The third-order valence-electron chi connectivity index (χ3n) is 3.38. The van der Waals surface area contributed by atoms with Crippen LogP contribution < -0.4 is 11.1 Å². The molecule has 2 aromatic rings. The molecule has 0 unspecified atom stereocenters. The van der Waals surface area contributed by atoms with Crippen molar-refractivity contribution in [3.8, 4) is 0 Å². The molecule has 0 aliphatic rings. The van der Waals surface area contributed by atoms with E-state index in [-0.39, 0.29) is 29.0 Å². The fourth-order valence-electron chi connectivity index (χ4n) is 2.10. The molecule has 0 heterocycles. The Morgan fingerprint density at radius 1 is 1.04 bits per heavy atom. The van der Waals surface area contributed by atoms with E-state index in [2.05, 4.69) is 5.32 Å². The Bertz CT molecular complexity index is 798. The predicted octanol–water partition coefficient (Wildman–Crippen LogP) is 2.55. The minimum absolute atomic E-state index is 0. The molecule has 0 spiro atoms. The fourth-order valence-corrected chi connectivity index (χ4v) is 3.45. The number of benzene rings is 2. The van der Waals surface area contributed by atoms with Gasteiger partial charge >= 0.3 is 0 Å². The lowest BCUT2D eigenvalue weighted by Gasteiger charge is -2.18. The highest BCUT2D eigenvalue weighted by Crippen LogP contribution is 2.17. The number of sulfone groups is 1. The first-order valence-corrected chi connectivity index (χ1v) is 9.26. The maximum absolute atomic E-state index is 12.4. The van der Waals surface area contributed by atoms with Crippen LogP contribution in [0.3, 0.4) is 0 Å². The van der Waals surface area contributed by atoms with E-state index in [9.17, 15) is 13.2 Å². The number of hydrogen-bond acceptors (Lipinski definition) is 4. The quantitative estimate of drug-likeness (QED) is 0.803. The minimum Gasteiger partial charge on any atom is -0.350 e. The average molecular weight is 383 g/mol. The Kier molecular flexibility index (Phi) is 7.17. The first-order valence-electron chi connectivity index (χ1n) is 7.61. The molecular formula is C18H23ClN2O3S. The van der Waals surface area contributed by atoms with Gasteiger partial charge in [0, 0.05) is 17.6 Å². The van der Waals surface area contributed by atoms with Crippen LogP contribution in [0.5, 0.6) is 0 Å². The maximum Gasteiger partial charge on any atom is 0.251 e. The Morgan fingerprint density at radius 2 is 1.60 bits per heavy atom. The molecule has 0 aliphatic carbocycles. The molecule has 0 bridgehead atoms. The normalized spacial score (nSPS) is 11.5. The molecule has 0 saturated carbocycles. The van der Waals surface area contributed by atoms with Crippen LogP contribution in [0.4, 0.5) is 0 Å². The van der Waals surface area contributed by atoms with E-state index in [0.717, 1.165) is 5.56 Å². The van der Waals surface area contributed by atoms with Gasteiger partial charge in [-0.05, 0) is 43.7 Å². The summed E-state index contributed by atoms with van der Waals surface area (Å²) in [5.41, 5.74) is 6.44. The minimum atomic E-state index is -3.44. The van der Waals surface area contributed by atoms with Gasteiger partial charge < -0.3 is 11.1 Å². The third-order valence-corrected chi connectivity index (χ3v) is 5.08. The summed E-state index contributed by atoms with van der Waals surface area (Å²) < 4.78 is 24.8. The SMILES string of the molecule is CC(C)(N)CNC(=O)c1ccc(S(=O)(=O)Cc2ccccc2)cc1.Cl. The summed E-state index contributed by atoms with van der Waals surface area (Å²) in [6.45, 7) is 3.96. The summed E-state index contributed by atoms with van der Waals surface area (Å²) in [4.78, 5) is 12.2. The van der Waals surface area contributed by atoms with Gasteiger partial charge in [-0.1, -0.05) is 30.3 Å². The number of halogens is 1. The Morgan fingerprint density at radius 3 is 2.12 bits per heavy atom. The number of carbonyl (C=O) groups is 1. The van der Waals surface area contributed by atoms with Crippen LogP contribution in [0.2, 0.25) is 0 Å². The summed E-state index contributed by atoms with van der Waals surface area (Å²) in [6, 6.07) is 14.9. The highest BCUT2D eigenvalue weighted by molar-refractivity contribution is 7.90. The zero-order valence-electron chi connectivity index (χ0n) is 14.2. The standard InChI is InChI=1S/C18H22N2O3S.ClH/c1-18(2,19)13-20-17(21)15-8-10-16(11-9-15)24(22,23)12-14-6-4-3-5-7-14;/h3-11H,12-13,19H2,1-2H3,(H,20,21);1H. The van der Waals surface area contributed by atoms with Crippen molar-refractivity contribution in [3.63, 3.8) is 0 Å². The van der Waals surface area contributed by atoms with Crippen LogP contribution in [0.25, 0.3) is 0 Å². The molecule has 3 N–H and O–H groups in total. The summed E-state index contributed by atoms with van der Waals surface area (Å²) >= 11 is 0. The predicted molar refractivity (Wildman–Crippen MR) is 102 cm³/mol. The molecule has 25 heavy (non-hydrogen) atoms. The number of hydrogen-bond donors (Lipinski definition) is 2. The molecule has 0 aromatic heterocycles. The number of nitrogens with one attached hydrogen (secondary N) is 1. The van der Waals surface area contributed by atoms with Crippen LogP contribution in [0.1, 0.15) is 29.8 Å². The van der Waals surface area contributed by atoms with Crippen molar-refractivity contribution in [2.75, 3.05) is 6.54 Å². The van der Waals surface area contributed by atoms with Crippen molar-refractivity contribution in [2.45, 2.75) is 30.0 Å². The van der Waals surface area contributed by atoms with Gasteiger partial charge in [-0.2, -0.15) is 0 Å². The van der Waals surface area contributed by atoms with E-state index in [0.29, 0.717) is 12.1 Å².